The van der Waals surface area contributed by atoms with E-state index in [0.29, 0.717) is 0 Å². The Morgan fingerprint density at radius 2 is 1.90 bits per heavy atom. The lowest BCUT2D eigenvalue weighted by Gasteiger charge is -2.05. The first-order chi connectivity index (χ1) is 9.72. The van der Waals surface area contributed by atoms with E-state index >= 15 is 0 Å². The predicted molar refractivity (Wildman–Crippen MR) is 84.7 cm³/mol. The molecule has 0 atom stereocenters. The summed E-state index contributed by atoms with van der Waals surface area (Å²) in [5, 5.41) is 5.93. The fourth-order valence-corrected chi connectivity index (χ4v) is 2.68. The summed E-state index contributed by atoms with van der Waals surface area (Å²) >= 11 is 3.53. The molecule has 0 aliphatic carbocycles. The van der Waals surface area contributed by atoms with Crippen molar-refractivity contribution in [2.24, 2.45) is 0 Å². The highest BCUT2D eigenvalue weighted by atomic mass is 79.9. The van der Waals surface area contributed by atoms with Gasteiger partial charge in [-0.25, -0.2) is 4.68 Å². The molecule has 1 heterocycles. The van der Waals surface area contributed by atoms with Crippen LogP contribution < -0.4 is 4.74 Å². The van der Waals surface area contributed by atoms with Gasteiger partial charge in [0.15, 0.2) is 0 Å². The van der Waals surface area contributed by atoms with E-state index in [0.717, 1.165) is 33.5 Å². The molecular weight excluding hydrogens is 316 g/mol. The van der Waals surface area contributed by atoms with Gasteiger partial charge in [0.1, 0.15) is 5.75 Å². The van der Waals surface area contributed by atoms with Crippen LogP contribution in [0.2, 0.25) is 0 Å². The number of ether oxygens (including phenoxy) is 1. The minimum Gasteiger partial charge on any atom is -0.497 e. The molecular formula is C16H15BrN2O. The first-order valence-corrected chi connectivity index (χ1v) is 7.34. The molecule has 0 spiro atoms. The van der Waals surface area contributed by atoms with Crippen molar-refractivity contribution in [3.05, 3.63) is 52.6 Å². The maximum absolute atomic E-state index is 5.20. The van der Waals surface area contributed by atoms with Gasteiger partial charge < -0.3 is 4.74 Å². The lowest BCUT2D eigenvalue weighted by molar-refractivity contribution is 0.414. The fraction of sp³-hybridized carbons (Fsp3) is 0.188. The minimum absolute atomic E-state index is 0.849. The van der Waals surface area contributed by atoms with Crippen LogP contribution in [0.25, 0.3) is 16.6 Å². The minimum atomic E-state index is 0.849. The highest BCUT2D eigenvalue weighted by Gasteiger charge is 2.11. The van der Waals surface area contributed by atoms with Gasteiger partial charge in [0.25, 0.3) is 0 Å². The Hall–Kier alpha value is -1.81. The van der Waals surface area contributed by atoms with Crippen LogP contribution in [0.1, 0.15) is 12.6 Å². The Morgan fingerprint density at radius 1 is 1.15 bits per heavy atom. The van der Waals surface area contributed by atoms with Gasteiger partial charge in [-0.3, -0.25) is 0 Å². The zero-order valence-electron chi connectivity index (χ0n) is 11.4. The molecule has 1 aromatic heterocycles. The fourth-order valence-electron chi connectivity index (χ4n) is 2.33. The zero-order chi connectivity index (χ0) is 14.1. The van der Waals surface area contributed by atoms with E-state index < -0.39 is 0 Å². The van der Waals surface area contributed by atoms with Crippen LogP contribution in [-0.4, -0.2) is 16.9 Å². The Labute approximate surface area is 126 Å². The number of halogens is 1. The molecule has 20 heavy (non-hydrogen) atoms. The molecule has 0 saturated heterocycles. The highest BCUT2D eigenvalue weighted by Crippen LogP contribution is 2.26. The standard InChI is InChI=1S/C16H15BrN2O/c1-3-15-14-9-4-11(17)10-16(14)19(18-15)12-5-7-13(20-2)8-6-12/h4-10H,3H2,1-2H3. The molecule has 4 heteroatoms. The number of aryl methyl sites for hydroxylation is 1. The van der Waals surface area contributed by atoms with Gasteiger partial charge in [0, 0.05) is 9.86 Å². The quantitative estimate of drug-likeness (QED) is 0.713. The molecule has 2 aromatic carbocycles. The van der Waals surface area contributed by atoms with Gasteiger partial charge in [-0.2, -0.15) is 5.10 Å². The van der Waals surface area contributed by atoms with E-state index in [1.807, 2.05) is 28.9 Å². The average molecular weight is 331 g/mol. The summed E-state index contributed by atoms with van der Waals surface area (Å²) in [5.41, 5.74) is 3.26. The van der Waals surface area contributed by atoms with Crippen LogP contribution in [-0.2, 0) is 6.42 Å². The Morgan fingerprint density at radius 3 is 2.55 bits per heavy atom. The number of rotatable bonds is 3. The van der Waals surface area contributed by atoms with Crippen LogP contribution in [0.3, 0.4) is 0 Å². The van der Waals surface area contributed by atoms with Crippen molar-refractivity contribution in [3.8, 4) is 11.4 Å². The number of methoxy groups -OCH3 is 1. The average Bonchev–Trinajstić information content (AvgIpc) is 2.85. The van der Waals surface area contributed by atoms with Crippen LogP contribution >= 0.6 is 15.9 Å². The molecule has 0 aliphatic rings. The summed E-state index contributed by atoms with van der Waals surface area (Å²) in [7, 11) is 1.67. The van der Waals surface area contributed by atoms with E-state index in [-0.39, 0.29) is 0 Å². The molecule has 102 valence electrons. The van der Waals surface area contributed by atoms with Gasteiger partial charge in [-0.1, -0.05) is 22.9 Å². The van der Waals surface area contributed by atoms with E-state index in [4.69, 9.17) is 9.84 Å². The normalized spacial score (nSPS) is 10.9. The van der Waals surface area contributed by atoms with Crippen molar-refractivity contribution in [2.45, 2.75) is 13.3 Å². The molecule has 0 N–H and O–H groups in total. The lowest BCUT2D eigenvalue weighted by Crippen LogP contribution is -1.97. The number of hydrogen-bond acceptors (Lipinski definition) is 2. The van der Waals surface area contributed by atoms with Gasteiger partial charge >= 0.3 is 0 Å². The predicted octanol–water partition coefficient (Wildman–Crippen LogP) is 4.36. The second-order valence-electron chi connectivity index (χ2n) is 4.57. The number of nitrogens with zero attached hydrogens (tertiary/aromatic N) is 2. The van der Waals surface area contributed by atoms with E-state index in [1.165, 1.54) is 5.39 Å². The number of aromatic nitrogens is 2. The first kappa shape index (κ1) is 13.2. The third kappa shape index (κ3) is 2.20. The second kappa shape index (κ2) is 5.29. The summed E-state index contributed by atoms with van der Waals surface area (Å²) in [6, 6.07) is 14.2. The van der Waals surface area contributed by atoms with E-state index in [9.17, 15) is 0 Å². The molecule has 0 amide bonds. The van der Waals surface area contributed by atoms with Crippen LogP contribution in [0.4, 0.5) is 0 Å². The summed E-state index contributed by atoms with van der Waals surface area (Å²) in [4.78, 5) is 0. The Balaban J connectivity index is 2.21. The summed E-state index contributed by atoms with van der Waals surface area (Å²) in [6.07, 6.45) is 0.918. The van der Waals surface area contributed by atoms with E-state index in [2.05, 4.69) is 41.1 Å². The summed E-state index contributed by atoms with van der Waals surface area (Å²) in [5.74, 6) is 0.849. The van der Waals surface area contributed by atoms with Crippen molar-refractivity contribution in [3.63, 3.8) is 0 Å². The molecule has 0 saturated carbocycles. The number of fused-ring (bicyclic) bond motifs is 1. The van der Waals surface area contributed by atoms with Gasteiger partial charge in [0.05, 0.1) is 24.0 Å². The smallest absolute Gasteiger partial charge is 0.119 e. The highest BCUT2D eigenvalue weighted by molar-refractivity contribution is 9.10. The molecule has 0 fully saturated rings. The van der Waals surface area contributed by atoms with Crippen molar-refractivity contribution >= 4 is 26.8 Å². The number of hydrogen-bond donors (Lipinski definition) is 0. The summed E-state index contributed by atoms with van der Waals surface area (Å²) < 4.78 is 8.24. The lowest BCUT2D eigenvalue weighted by atomic mass is 10.2. The Bertz CT molecular complexity index is 747. The van der Waals surface area contributed by atoms with Crippen molar-refractivity contribution in [1.82, 2.24) is 9.78 Å². The van der Waals surface area contributed by atoms with Crippen molar-refractivity contribution in [2.75, 3.05) is 7.11 Å². The Kier molecular flexibility index (Phi) is 3.49. The van der Waals surface area contributed by atoms with Crippen molar-refractivity contribution < 1.29 is 4.74 Å². The molecule has 3 nitrogen and oxygen atoms in total. The topological polar surface area (TPSA) is 27.1 Å². The van der Waals surface area contributed by atoms with E-state index in [1.54, 1.807) is 7.11 Å². The zero-order valence-corrected chi connectivity index (χ0v) is 13.0. The largest absolute Gasteiger partial charge is 0.497 e. The van der Waals surface area contributed by atoms with Gasteiger partial charge in [-0.05, 0) is 48.9 Å². The molecule has 0 bridgehead atoms. The third-order valence-electron chi connectivity index (χ3n) is 3.37. The maximum atomic E-state index is 5.20. The third-order valence-corrected chi connectivity index (χ3v) is 3.86. The SMILES string of the molecule is CCc1nn(-c2ccc(OC)cc2)c2cc(Br)ccc12. The molecule has 0 unspecified atom stereocenters. The van der Waals surface area contributed by atoms with Crippen molar-refractivity contribution in [1.29, 1.82) is 0 Å². The van der Waals surface area contributed by atoms with Gasteiger partial charge in [0.2, 0.25) is 0 Å². The molecule has 3 aromatic rings. The summed E-state index contributed by atoms with van der Waals surface area (Å²) in [6.45, 7) is 2.13. The molecule has 3 rings (SSSR count). The second-order valence-corrected chi connectivity index (χ2v) is 5.49. The molecule has 0 radical (unpaired) electrons. The van der Waals surface area contributed by atoms with Crippen LogP contribution in [0.5, 0.6) is 5.75 Å². The monoisotopic (exact) mass is 330 g/mol. The number of benzene rings is 2. The first-order valence-electron chi connectivity index (χ1n) is 6.54. The molecule has 0 aliphatic heterocycles. The van der Waals surface area contributed by atoms with Gasteiger partial charge in [-0.15, -0.1) is 0 Å². The van der Waals surface area contributed by atoms with Crippen LogP contribution in [0.15, 0.2) is 46.9 Å². The van der Waals surface area contributed by atoms with Crippen LogP contribution in [0, 0.1) is 0 Å². The maximum Gasteiger partial charge on any atom is 0.119 e.